The largest absolute Gasteiger partial charge is 0.378 e. The molecule has 0 spiro atoms. The van der Waals surface area contributed by atoms with E-state index in [0.717, 1.165) is 26.2 Å². The molecule has 1 aliphatic heterocycles. The van der Waals surface area contributed by atoms with Crippen LogP contribution in [0.1, 0.15) is 42.5 Å². The van der Waals surface area contributed by atoms with Crippen LogP contribution in [-0.4, -0.2) is 74.2 Å². The SMILES string of the molecule is CC.CCC(C)N1CCN(CCOCCNC(C)=O)CC1.[HH]. The van der Waals surface area contributed by atoms with E-state index in [0.29, 0.717) is 19.2 Å². The van der Waals surface area contributed by atoms with Gasteiger partial charge in [-0.25, -0.2) is 0 Å². The van der Waals surface area contributed by atoms with Crippen LogP contribution in [0.4, 0.5) is 0 Å². The van der Waals surface area contributed by atoms with Gasteiger partial charge in [-0.2, -0.15) is 0 Å². The van der Waals surface area contributed by atoms with Crippen molar-refractivity contribution >= 4 is 5.91 Å². The van der Waals surface area contributed by atoms with Gasteiger partial charge in [-0.15, -0.1) is 0 Å². The van der Waals surface area contributed by atoms with E-state index in [4.69, 9.17) is 4.74 Å². The quantitative estimate of drug-likeness (QED) is 0.695. The maximum Gasteiger partial charge on any atom is 0.216 e. The molecular weight excluding hydrogens is 266 g/mol. The average molecular weight is 303 g/mol. The summed E-state index contributed by atoms with van der Waals surface area (Å²) in [4.78, 5) is 15.7. The number of carbonyl (C=O) groups is 1. The summed E-state index contributed by atoms with van der Waals surface area (Å²) in [6, 6.07) is 0.705. The van der Waals surface area contributed by atoms with Crippen LogP contribution in [0.2, 0.25) is 0 Å². The third-order valence-electron chi connectivity index (χ3n) is 3.79. The highest BCUT2D eigenvalue weighted by atomic mass is 16.5. The molecule has 128 valence electrons. The Balaban J connectivity index is 0. The van der Waals surface area contributed by atoms with Crippen LogP contribution in [0.15, 0.2) is 0 Å². The number of nitrogens with zero attached hydrogens (tertiary/aromatic N) is 2. The smallest absolute Gasteiger partial charge is 0.216 e. The molecule has 1 unspecified atom stereocenters. The lowest BCUT2D eigenvalue weighted by atomic mass is 10.2. The second-order valence-corrected chi connectivity index (χ2v) is 5.23. The number of nitrogens with one attached hydrogen (secondary N) is 1. The van der Waals surface area contributed by atoms with Crippen molar-refractivity contribution in [1.82, 2.24) is 15.1 Å². The van der Waals surface area contributed by atoms with E-state index >= 15 is 0 Å². The average Bonchev–Trinajstić information content (AvgIpc) is 2.52. The van der Waals surface area contributed by atoms with Crippen molar-refractivity contribution in [1.29, 1.82) is 0 Å². The molecule has 1 amide bonds. The molecule has 0 aromatic rings. The van der Waals surface area contributed by atoms with Crippen LogP contribution in [0.5, 0.6) is 0 Å². The van der Waals surface area contributed by atoms with Crippen molar-refractivity contribution in [2.75, 3.05) is 52.5 Å². The highest BCUT2D eigenvalue weighted by Crippen LogP contribution is 2.08. The summed E-state index contributed by atoms with van der Waals surface area (Å²) >= 11 is 0. The Hall–Kier alpha value is -0.650. The number of amides is 1. The fraction of sp³-hybridized carbons (Fsp3) is 0.938. The first-order valence-corrected chi connectivity index (χ1v) is 8.42. The number of piperazine rings is 1. The van der Waals surface area contributed by atoms with Crippen molar-refractivity contribution in [3.8, 4) is 0 Å². The molecule has 1 heterocycles. The minimum absolute atomic E-state index is 0. The third kappa shape index (κ3) is 9.82. The minimum atomic E-state index is 0. The third-order valence-corrected chi connectivity index (χ3v) is 3.79. The Kier molecular flexibility index (Phi) is 12.6. The number of ether oxygens (including phenoxy) is 1. The highest BCUT2D eigenvalue weighted by Gasteiger charge is 2.19. The van der Waals surface area contributed by atoms with Crippen molar-refractivity contribution in [2.45, 2.75) is 47.1 Å². The van der Waals surface area contributed by atoms with Crippen molar-refractivity contribution < 1.29 is 11.0 Å². The monoisotopic (exact) mass is 303 g/mol. The molecule has 0 bridgehead atoms. The van der Waals surface area contributed by atoms with E-state index in [1.807, 2.05) is 13.8 Å². The van der Waals surface area contributed by atoms with E-state index in [2.05, 4.69) is 29.0 Å². The van der Waals surface area contributed by atoms with Crippen LogP contribution in [0.25, 0.3) is 0 Å². The first kappa shape index (κ1) is 20.3. The topological polar surface area (TPSA) is 44.8 Å². The molecular formula is C16H37N3O2. The van der Waals surface area contributed by atoms with Crippen LogP contribution in [-0.2, 0) is 9.53 Å². The number of hydrogen-bond acceptors (Lipinski definition) is 4. The molecule has 1 fully saturated rings. The number of rotatable bonds is 8. The second-order valence-electron chi connectivity index (χ2n) is 5.23. The summed E-state index contributed by atoms with van der Waals surface area (Å²) in [5, 5.41) is 2.72. The summed E-state index contributed by atoms with van der Waals surface area (Å²) in [6.45, 7) is 17.7. The zero-order valence-corrected chi connectivity index (χ0v) is 14.7. The van der Waals surface area contributed by atoms with Gasteiger partial charge >= 0.3 is 0 Å². The molecule has 1 atom stereocenters. The van der Waals surface area contributed by atoms with Gasteiger partial charge in [-0.1, -0.05) is 20.8 Å². The van der Waals surface area contributed by atoms with Gasteiger partial charge in [0.15, 0.2) is 0 Å². The van der Waals surface area contributed by atoms with E-state index in [1.165, 1.54) is 26.4 Å². The molecule has 1 N–H and O–H groups in total. The fourth-order valence-electron chi connectivity index (χ4n) is 2.28. The van der Waals surface area contributed by atoms with Gasteiger partial charge < -0.3 is 10.1 Å². The van der Waals surface area contributed by atoms with Gasteiger partial charge in [0.25, 0.3) is 0 Å². The van der Waals surface area contributed by atoms with Crippen molar-refractivity contribution in [2.24, 2.45) is 0 Å². The molecule has 21 heavy (non-hydrogen) atoms. The van der Waals surface area contributed by atoms with E-state index < -0.39 is 0 Å². The molecule has 5 heteroatoms. The lowest BCUT2D eigenvalue weighted by Gasteiger charge is -2.37. The zero-order valence-electron chi connectivity index (χ0n) is 14.7. The zero-order chi connectivity index (χ0) is 16.1. The van der Waals surface area contributed by atoms with Gasteiger partial charge in [0.05, 0.1) is 13.2 Å². The van der Waals surface area contributed by atoms with Crippen molar-refractivity contribution in [3.05, 3.63) is 0 Å². The van der Waals surface area contributed by atoms with Gasteiger partial charge in [-0.05, 0) is 13.3 Å². The van der Waals surface area contributed by atoms with Gasteiger partial charge in [-0.3, -0.25) is 14.6 Å². The van der Waals surface area contributed by atoms with Crippen molar-refractivity contribution in [3.63, 3.8) is 0 Å². The standard InChI is InChI=1S/C14H29N3O2.C2H6.H2/c1-4-13(2)17-8-6-16(7-9-17)10-12-19-11-5-15-14(3)18;1-2;/h13H,4-12H2,1-3H3,(H,15,18);1-2H3;1H. The molecule has 5 nitrogen and oxygen atoms in total. The van der Waals surface area contributed by atoms with Crippen LogP contribution >= 0.6 is 0 Å². The van der Waals surface area contributed by atoms with E-state index in [9.17, 15) is 4.79 Å². The van der Waals surface area contributed by atoms with E-state index in [1.54, 1.807) is 0 Å². The highest BCUT2D eigenvalue weighted by molar-refractivity contribution is 5.72. The molecule has 0 aromatic carbocycles. The Morgan fingerprint density at radius 2 is 1.86 bits per heavy atom. The Morgan fingerprint density at radius 1 is 1.24 bits per heavy atom. The molecule has 0 aliphatic carbocycles. The van der Waals surface area contributed by atoms with Gasteiger partial charge in [0.2, 0.25) is 5.91 Å². The normalized spacial score (nSPS) is 17.8. The van der Waals surface area contributed by atoms with Gasteiger partial charge in [0, 0.05) is 53.7 Å². The summed E-state index contributed by atoms with van der Waals surface area (Å²) in [6.07, 6.45) is 1.23. The lowest BCUT2D eigenvalue weighted by molar-refractivity contribution is -0.119. The maximum absolute atomic E-state index is 10.7. The van der Waals surface area contributed by atoms with Gasteiger partial charge in [0.1, 0.15) is 0 Å². The first-order valence-electron chi connectivity index (χ1n) is 8.42. The first-order chi connectivity index (χ1) is 10.1. The summed E-state index contributed by atoms with van der Waals surface area (Å²) < 4.78 is 5.51. The summed E-state index contributed by atoms with van der Waals surface area (Å²) in [7, 11) is 0. The predicted molar refractivity (Wildman–Crippen MR) is 90.7 cm³/mol. The maximum atomic E-state index is 10.7. The Bertz CT molecular complexity index is 260. The fourth-order valence-corrected chi connectivity index (χ4v) is 2.28. The molecule has 1 rings (SSSR count). The molecule has 1 aliphatic rings. The molecule has 0 radical (unpaired) electrons. The van der Waals surface area contributed by atoms with Crippen LogP contribution in [0.3, 0.4) is 0 Å². The van der Waals surface area contributed by atoms with Crippen LogP contribution in [0, 0.1) is 0 Å². The van der Waals surface area contributed by atoms with Crippen LogP contribution < -0.4 is 5.32 Å². The second kappa shape index (κ2) is 13.0. The molecule has 0 aromatic heterocycles. The minimum Gasteiger partial charge on any atom is -0.378 e. The summed E-state index contributed by atoms with van der Waals surface area (Å²) in [5.41, 5.74) is 0. The van der Waals surface area contributed by atoms with E-state index in [-0.39, 0.29) is 7.33 Å². The summed E-state index contributed by atoms with van der Waals surface area (Å²) in [5.74, 6) is 0.00441. The predicted octanol–water partition coefficient (Wildman–Crippen LogP) is 1.83. The Labute approximate surface area is 132 Å². The molecule has 1 saturated heterocycles. The Morgan fingerprint density at radius 3 is 2.38 bits per heavy atom. The number of hydrogen-bond donors (Lipinski definition) is 1. The number of carbonyl (C=O) groups excluding carboxylic acids is 1. The lowest BCUT2D eigenvalue weighted by Crippen LogP contribution is -2.50. The molecule has 0 saturated carbocycles.